The smallest absolute Gasteiger partial charge is 0.355 e. The number of ether oxygens (including phenoxy) is 3. The van der Waals surface area contributed by atoms with Gasteiger partial charge in [0.25, 0.3) is 0 Å². The fourth-order valence-corrected chi connectivity index (χ4v) is 2.64. The molecule has 0 radical (unpaired) electrons. The molecule has 2 rings (SSSR count). The molecule has 1 atom stereocenters. The Morgan fingerprint density at radius 1 is 1.29 bits per heavy atom. The highest BCUT2D eigenvalue weighted by molar-refractivity contribution is 5.93. The number of carbonyl (C=O) groups excluding carboxylic acids is 2. The fraction of sp³-hybridized carbons (Fsp3) is 0.579. The van der Waals surface area contributed by atoms with E-state index in [1.165, 1.54) is 0 Å². The van der Waals surface area contributed by atoms with Crippen molar-refractivity contribution in [3.63, 3.8) is 0 Å². The van der Waals surface area contributed by atoms with Crippen molar-refractivity contribution in [1.29, 1.82) is 0 Å². The van der Waals surface area contributed by atoms with Crippen LogP contribution in [0.25, 0.3) is 11.1 Å². The number of fused-ring (bicyclic) bond motifs is 1. The summed E-state index contributed by atoms with van der Waals surface area (Å²) >= 11 is 0. The first-order valence-corrected chi connectivity index (χ1v) is 9.36. The molecule has 28 heavy (non-hydrogen) atoms. The fourth-order valence-electron chi connectivity index (χ4n) is 2.64. The number of nitrogens with one attached hydrogen (secondary N) is 1. The summed E-state index contributed by atoms with van der Waals surface area (Å²) in [6, 6.07) is 3.30. The van der Waals surface area contributed by atoms with Crippen molar-refractivity contribution in [2.24, 2.45) is 11.7 Å². The molecule has 0 saturated heterocycles. The predicted octanol–water partition coefficient (Wildman–Crippen LogP) is 1.50. The molecule has 0 aliphatic carbocycles. The minimum Gasteiger partial charge on any atom is -0.463 e. The maximum Gasteiger partial charge on any atom is 0.355 e. The first-order chi connectivity index (χ1) is 13.5. The quantitative estimate of drug-likeness (QED) is 0.413. The van der Waals surface area contributed by atoms with Crippen LogP contribution in [0.2, 0.25) is 0 Å². The number of esters is 1. The van der Waals surface area contributed by atoms with E-state index in [1.54, 1.807) is 29.9 Å². The molecular weight excluding hydrogens is 366 g/mol. The number of aromatic nitrogens is 1. The Morgan fingerprint density at radius 3 is 2.71 bits per heavy atom. The normalized spacial score (nSPS) is 12.5. The van der Waals surface area contributed by atoms with Gasteiger partial charge in [0.05, 0.1) is 50.8 Å². The molecule has 0 unspecified atom stereocenters. The molecule has 2 heterocycles. The average Bonchev–Trinajstić information content (AvgIpc) is 3.25. The van der Waals surface area contributed by atoms with Gasteiger partial charge >= 0.3 is 5.97 Å². The number of rotatable bonds is 12. The van der Waals surface area contributed by atoms with Gasteiger partial charge in [-0.3, -0.25) is 4.79 Å². The molecule has 0 saturated carbocycles. The van der Waals surface area contributed by atoms with Crippen molar-refractivity contribution in [3.8, 4) is 0 Å². The van der Waals surface area contributed by atoms with E-state index in [2.05, 4.69) is 5.32 Å². The molecule has 0 aromatic carbocycles. The van der Waals surface area contributed by atoms with E-state index in [9.17, 15) is 9.59 Å². The Hall–Kier alpha value is -2.36. The molecule has 0 fully saturated rings. The summed E-state index contributed by atoms with van der Waals surface area (Å²) in [6.07, 6.45) is 1.56. The summed E-state index contributed by atoms with van der Waals surface area (Å²) < 4.78 is 23.4. The highest BCUT2D eigenvalue weighted by Crippen LogP contribution is 2.21. The lowest BCUT2D eigenvalue weighted by Gasteiger charge is -2.22. The predicted molar refractivity (Wildman–Crippen MR) is 103 cm³/mol. The van der Waals surface area contributed by atoms with Crippen LogP contribution in [0.15, 0.2) is 22.8 Å². The highest BCUT2D eigenvalue weighted by atomic mass is 16.5. The second kappa shape index (κ2) is 10.8. The number of hydrogen-bond donors (Lipinski definition) is 2. The van der Waals surface area contributed by atoms with Crippen molar-refractivity contribution in [3.05, 3.63) is 24.1 Å². The van der Waals surface area contributed by atoms with Gasteiger partial charge in [-0.2, -0.15) is 0 Å². The maximum atomic E-state index is 12.1. The van der Waals surface area contributed by atoms with Crippen LogP contribution in [0.1, 0.15) is 31.3 Å². The third-order valence-electron chi connectivity index (χ3n) is 4.23. The van der Waals surface area contributed by atoms with E-state index in [-0.39, 0.29) is 37.7 Å². The summed E-state index contributed by atoms with van der Waals surface area (Å²) in [6.45, 7) is 7.22. The number of amides is 1. The van der Waals surface area contributed by atoms with Crippen LogP contribution in [0.4, 0.5) is 0 Å². The molecule has 0 spiro atoms. The number of furan rings is 1. The second-order valence-electron chi connectivity index (χ2n) is 6.58. The van der Waals surface area contributed by atoms with E-state index in [4.69, 9.17) is 24.4 Å². The van der Waals surface area contributed by atoms with E-state index in [1.807, 2.05) is 13.8 Å². The van der Waals surface area contributed by atoms with E-state index in [0.717, 1.165) is 5.52 Å². The van der Waals surface area contributed by atoms with Gasteiger partial charge in [-0.05, 0) is 12.8 Å². The molecule has 1 amide bonds. The SMILES string of the molecule is CCOC(=O)c1cc2occc2n1COCCOC[C@H](NC(=O)CN)C(C)C. The second-order valence-corrected chi connectivity index (χ2v) is 6.58. The van der Waals surface area contributed by atoms with Crippen molar-refractivity contribution in [2.75, 3.05) is 33.0 Å². The van der Waals surface area contributed by atoms with Gasteiger partial charge in [0.2, 0.25) is 5.91 Å². The number of nitrogens with zero attached hydrogens (tertiary/aromatic N) is 1. The van der Waals surface area contributed by atoms with Crippen molar-refractivity contribution < 1.29 is 28.2 Å². The lowest BCUT2D eigenvalue weighted by atomic mass is 10.1. The van der Waals surface area contributed by atoms with Crippen molar-refractivity contribution in [2.45, 2.75) is 33.5 Å². The summed E-state index contributed by atoms with van der Waals surface area (Å²) in [7, 11) is 0. The minimum atomic E-state index is -0.427. The van der Waals surface area contributed by atoms with Gasteiger partial charge in [0, 0.05) is 12.1 Å². The maximum absolute atomic E-state index is 12.1. The standard InChI is InChI=1S/C19H29N3O6/c1-4-27-19(24)16-9-17-15(5-6-28-17)22(16)12-26-8-7-25-11-14(13(2)3)21-18(23)10-20/h5-6,9,13-14H,4,7-8,10-12,20H2,1-3H3,(H,21,23)/t14-/m0/s1. The molecule has 2 aromatic heterocycles. The number of carbonyl (C=O) groups is 2. The molecule has 9 nitrogen and oxygen atoms in total. The van der Waals surface area contributed by atoms with Gasteiger partial charge in [0.15, 0.2) is 5.58 Å². The van der Waals surface area contributed by atoms with Crippen LogP contribution in [0.5, 0.6) is 0 Å². The summed E-state index contributed by atoms with van der Waals surface area (Å²) in [5.74, 6) is -0.413. The topological polar surface area (TPSA) is 118 Å². The van der Waals surface area contributed by atoms with E-state index in [0.29, 0.717) is 31.1 Å². The minimum absolute atomic E-state index is 0.0471. The van der Waals surface area contributed by atoms with Crippen LogP contribution in [0.3, 0.4) is 0 Å². The molecule has 9 heteroatoms. The summed E-state index contributed by atoms with van der Waals surface area (Å²) in [5.41, 5.74) is 7.06. The van der Waals surface area contributed by atoms with Crippen LogP contribution in [-0.4, -0.2) is 55.5 Å². The Bertz CT molecular complexity index is 767. The number of nitrogens with two attached hydrogens (primary N) is 1. The zero-order valence-electron chi connectivity index (χ0n) is 16.6. The van der Waals surface area contributed by atoms with Gasteiger partial charge < -0.3 is 34.2 Å². The van der Waals surface area contributed by atoms with Crippen LogP contribution < -0.4 is 11.1 Å². The van der Waals surface area contributed by atoms with Crippen molar-refractivity contribution in [1.82, 2.24) is 9.88 Å². The van der Waals surface area contributed by atoms with Gasteiger partial charge in [-0.1, -0.05) is 13.8 Å². The zero-order valence-corrected chi connectivity index (χ0v) is 16.6. The lowest BCUT2D eigenvalue weighted by Crippen LogP contribution is -2.44. The lowest BCUT2D eigenvalue weighted by molar-refractivity contribution is -0.121. The Kier molecular flexibility index (Phi) is 8.49. The largest absolute Gasteiger partial charge is 0.463 e. The zero-order chi connectivity index (χ0) is 20.5. The highest BCUT2D eigenvalue weighted by Gasteiger charge is 2.19. The summed E-state index contributed by atoms with van der Waals surface area (Å²) in [4.78, 5) is 23.6. The third-order valence-corrected chi connectivity index (χ3v) is 4.23. The number of hydrogen-bond acceptors (Lipinski definition) is 7. The van der Waals surface area contributed by atoms with Gasteiger partial charge in [-0.15, -0.1) is 0 Å². The molecule has 3 N–H and O–H groups in total. The molecular formula is C19H29N3O6. The van der Waals surface area contributed by atoms with Crippen LogP contribution in [-0.2, 0) is 25.7 Å². The Labute approximate surface area is 164 Å². The molecule has 0 bridgehead atoms. The van der Waals surface area contributed by atoms with Gasteiger partial charge in [0.1, 0.15) is 12.4 Å². The summed E-state index contributed by atoms with van der Waals surface area (Å²) in [5, 5.41) is 2.83. The molecule has 0 aliphatic rings. The van der Waals surface area contributed by atoms with Crippen LogP contribution in [0, 0.1) is 5.92 Å². The molecule has 2 aromatic rings. The van der Waals surface area contributed by atoms with E-state index >= 15 is 0 Å². The van der Waals surface area contributed by atoms with Crippen LogP contribution >= 0.6 is 0 Å². The first-order valence-electron chi connectivity index (χ1n) is 9.36. The average molecular weight is 395 g/mol. The van der Waals surface area contributed by atoms with E-state index < -0.39 is 5.97 Å². The van der Waals surface area contributed by atoms with Crippen molar-refractivity contribution >= 4 is 23.0 Å². The Balaban J connectivity index is 1.82. The Morgan fingerprint density at radius 2 is 2.04 bits per heavy atom. The first kappa shape index (κ1) is 21.9. The van der Waals surface area contributed by atoms with Gasteiger partial charge in [-0.25, -0.2) is 4.79 Å². The molecule has 0 aliphatic heterocycles. The monoisotopic (exact) mass is 395 g/mol. The molecule has 156 valence electrons. The third kappa shape index (κ3) is 5.82.